The van der Waals surface area contributed by atoms with Crippen LogP contribution in [0.15, 0.2) is 79.1 Å². The van der Waals surface area contributed by atoms with Crippen LogP contribution in [-0.2, 0) is 21.7 Å². The van der Waals surface area contributed by atoms with Crippen molar-refractivity contribution in [3.05, 3.63) is 90.3 Å². The van der Waals surface area contributed by atoms with Gasteiger partial charge in [0.1, 0.15) is 24.2 Å². The molecule has 0 N–H and O–H groups in total. The number of benzene rings is 2. The molecule has 3 aromatic rings. The van der Waals surface area contributed by atoms with E-state index in [0.29, 0.717) is 23.7 Å². The van der Waals surface area contributed by atoms with Gasteiger partial charge in [-0.1, -0.05) is 36.4 Å². The molecule has 0 amide bonds. The number of esters is 1. The molecule has 140 valence electrons. The standard InChI is InChI=1S/C22H18N2O4/c1-26-21(25)22(16-23,28-19-9-3-2-4-10-19)18-8-5-11-20(13-18)27-15-17-7-6-12-24-14-17/h2-14H,15H2,1H3. The van der Waals surface area contributed by atoms with Crippen LogP contribution in [0.1, 0.15) is 11.1 Å². The van der Waals surface area contributed by atoms with Crippen LogP contribution in [0.5, 0.6) is 11.5 Å². The Kier molecular flexibility index (Phi) is 5.87. The van der Waals surface area contributed by atoms with E-state index in [9.17, 15) is 10.1 Å². The number of nitrogens with zero attached hydrogens (tertiary/aromatic N) is 2. The number of hydrogen-bond acceptors (Lipinski definition) is 6. The molecular formula is C22H18N2O4. The molecule has 1 unspecified atom stereocenters. The van der Waals surface area contributed by atoms with Gasteiger partial charge in [0.2, 0.25) is 0 Å². The lowest BCUT2D eigenvalue weighted by molar-refractivity contribution is -0.155. The molecule has 2 aromatic carbocycles. The Morgan fingerprint density at radius 1 is 1.07 bits per heavy atom. The van der Waals surface area contributed by atoms with E-state index in [2.05, 4.69) is 4.98 Å². The van der Waals surface area contributed by atoms with E-state index >= 15 is 0 Å². The number of pyridine rings is 1. The Bertz CT molecular complexity index is 971. The zero-order chi connectivity index (χ0) is 19.8. The molecule has 0 spiro atoms. The molecule has 0 bridgehead atoms. The van der Waals surface area contributed by atoms with E-state index in [1.54, 1.807) is 60.9 Å². The average molecular weight is 374 g/mol. The molecule has 0 fully saturated rings. The highest BCUT2D eigenvalue weighted by Crippen LogP contribution is 2.31. The predicted molar refractivity (Wildman–Crippen MR) is 101 cm³/mol. The zero-order valence-electron chi connectivity index (χ0n) is 15.2. The quantitative estimate of drug-likeness (QED) is 0.588. The van der Waals surface area contributed by atoms with Crippen LogP contribution in [-0.4, -0.2) is 18.1 Å². The summed E-state index contributed by atoms with van der Waals surface area (Å²) in [4.78, 5) is 16.6. The van der Waals surface area contributed by atoms with E-state index in [1.165, 1.54) is 7.11 Å². The van der Waals surface area contributed by atoms with Crippen LogP contribution < -0.4 is 9.47 Å². The van der Waals surface area contributed by atoms with Gasteiger partial charge in [0, 0.05) is 23.5 Å². The van der Waals surface area contributed by atoms with Crippen molar-refractivity contribution in [2.24, 2.45) is 0 Å². The Balaban J connectivity index is 1.91. The normalized spacial score (nSPS) is 12.3. The summed E-state index contributed by atoms with van der Waals surface area (Å²) >= 11 is 0. The van der Waals surface area contributed by atoms with Crippen LogP contribution in [0, 0.1) is 11.3 Å². The van der Waals surface area contributed by atoms with Crippen LogP contribution >= 0.6 is 0 Å². The number of aromatic nitrogens is 1. The first-order chi connectivity index (χ1) is 13.7. The molecule has 0 aliphatic heterocycles. The maximum absolute atomic E-state index is 12.5. The highest BCUT2D eigenvalue weighted by Gasteiger charge is 2.45. The van der Waals surface area contributed by atoms with Gasteiger partial charge in [0.25, 0.3) is 0 Å². The van der Waals surface area contributed by atoms with Crippen LogP contribution in [0.25, 0.3) is 0 Å². The van der Waals surface area contributed by atoms with Crippen LogP contribution in [0.2, 0.25) is 0 Å². The number of methoxy groups -OCH3 is 1. The van der Waals surface area contributed by atoms with Gasteiger partial charge in [0.15, 0.2) is 0 Å². The first-order valence-electron chi connectivity index (χ1n) is 8.54. The summed E-state index contributed by atoms with van der Waals surface area (Å²) in [5, 5.41) is 9.87. The highest BCUT2D eigenvalue weighted by molar-refractivity contribution is 5.85. The maximum Gasteiger partial charge on any atom is 0.370 e. The molecule has 6 nitrogen and oxygen atoms in total. The molecule has 6 heteroatoms. The fraction of sp³-hybridized carbons (Fsp3) is 0.136. The molecule has 1 aromatic heterocycles. The monoisotopic (exact) mass is 374 g/mol. The summed E-state index contributed by atoms with van der Waals surface area (Å²) in [5.74, 6) is 0.0425. The highest BCUT2D eigenvalue weighted by atomic mass is 16.6. The van der Waals surface area contributed by atoms with E-state index < -0.39 is 11.6 Å². The van der Waals surface area contributed by atoms with Crippen molar-refractivity contribution in [3.63, 3.8) is 0 Å². The molecule has 0 saturated carbocycles. The van der Waals surface area contributed by atoms with Crippen molar-refractivity contribution < 1.29 is 19.0 Å². The van der Waals surface area contributed by atoms with E-state index in [4.69, 9.17) is 14.2 Å². The van der Waals surface area contributed by atoms with E-state index in [0.717, 1.165) is 5.56 Å². The maximum atomic E-state index is 12.5. The van der Waals surface area contributed by atoms with Gasteiger partial charge in [-0.05, 0) is 30.3 Å². The largest absolute Gasteiger partial charge is 0.489 e. The number of ether oxygens (including phenoxy) is 3. The van der Waals surface area contributed by atoms with Crippen molar-refractivity contribution in [2.75, 3.05) is 7.11 Å². The molecular weight excluding hydrogens is 356 g/mol. The lowest BCUT2D eigenvalue weighted by Gasteiger charge is -2.25. The molecule has 1 atom stereocenters. The van der Waals surface area contributed by atoms with E-state index in [-0.39, 0.29) is 0 Å². The van der Waals surface area contributed by atoms with Gasteiger partial charge in [-0.25, -0.2) is 4.79 Å². The summed E-state index contributed by atoms with van der Waals surface area (Å²) in [6.07, 6.45) is 3.39. The van der Waals surface area contributed by atoms with Gasteiger partial charge < -0.3 is 14.2 Å². The van der Waals surface area contributed by atoms with Crippen molar-refractivity contribution in [1.29, 1.82) is 5.26 Å². The van der Waals surface area contributed by atoms with Gasteiger partial charge in [-0.2, -0.15) is 5.26 Å². The number of carbonyl (C=O) groups is 1. The van der Waals surface area contributed by atoms with Crippen molar-refractivity contribution in [1.82, 2.24) is 4.98 Å². The summed E-state index contributed by atoms with van der Waals surface area (Å²) in [7, 11) is 1.21. The minimum atomic E-state index is -1.95. The Labute approximate surface area is 162 Å². The average Bonchev–Trinajstić information content (AvgIpc) is 2.77. The zero-order valence-corrected chi connectivity index (χ0v) is 15.2. The number of nitriles is 1. The van der Waals surface area contributed by atoms with Gasteiger partial charge >= 0.3 is 11.6 Å². The number of carbonyl (C=O) groups excluding carboxylic acids is 1. The fourth-order valence-electron chi connectivity index (χ4n) is 2.62. The lowest BCUT2D eigenvalue weighted by atomic mass is 9.94. The van der Waals surface area contributed by atoms with Crippen LogP contribution in [0.4, 0.5) is 0 Å². The molecule has 0 saturated heterocycles. The van der Waals surface area contributed by atoms with Crippen molar-refractivity contribution in [2.45, 2.75) is 12.2 Å². The lowest BCUT2D eigenvalue weighted by Crippen LogP contribution is -2.41. The number of para-hydroxylation sites is 1. The fourth-order valence-corrected chi connectivity index (χ4v) is 2.62. The first-order valence-corrected chi connectivity index (χ1v) is 8.54. The summed E-state index contributed by atoms with van der Waals surface area (Å²) in [5.41, 5.74) is -0.744. The smallest absolute Gasteiger partial charge is 0.370 e. The molecule has 1 heterocycles. The summed E-state index contributed by atoms with van der Waals surface area (Å²) in [6, 6.07) is 21.0. The van der Waals surface area contributed by atoms with Gasteiger partial charge in [0.05, 0.1) is 7.11 Å². The Morgan fingerprint density at radius 3 is 2.54 bits per heavy atom. The Morgan fingerprint density at radius 2 is 1.86 bits per heavy atom. The molecule has 3 rings (SSSR count). The SMILES string of the molecule is COC(=O)C(C#N)(Oc1ccccc1)c1cccc(OCc2cccnc2)c1. The summed E-state index contributed by atoms with van der Waals surface area (Å²) in [6.45, 7) is 0.300. The third kappa shape index (κ3) is 4.10. The topological polar surface area (TPSA) is 81.4 Å². The second-order valence-electron chi connectivity index (χ2n) is 5.88. The molecule has 28 heavy (non-hydrogen) atoms. The summed E-state index contributed by atoms with van der Waals surface area (Å²) < 4.78 is 16.5. The van der Waals surface area contributed by atoms with Crippen molar-refractivity contribution >= 4 is 5.97 Å². The van der Waals surface area contributed by atoms with Crippen molar-refractivity contribution in [3.8, 4) is 17.6 Å². The molecule has 0 radical (unpaired) electrons. The van der Waals surface area contributed by atoms with Gasteiger partial charge in [-0.3, -0.25) is 4.98 Å². The minimum Gasteiger partial charge on any atom is -0.489 e. The molecule has 0 aliphatic rings. The molecule has 0 aliphatic carbocycles. The van der Waals surface area contributed by atoms with Crippen LogP contribution in [0.3, 0.4) is 0 Å². The predicted octanol–water partition coefficient (Wildman–Crippen LogP) is 3.63. The minimum absolute atomic E-state index is 0.300. The second-order valence-corrected chi connectivity index (χ2v) is 5.88. The Hall–Kier alpha value is -3.85. The second kappa shape index (κ2) is 8.69. The first kappa shape index (κ1) is 18.9. The van der Waals surface area contributed by atoms with Gasteiger partial charge in [-0.15, -0.1) is 0 Å². The number of hydrogen-bond donors (Lipinski definition) is 0. The third-order valence-electron chi connectivity index (χ3n) is 4.01. The third-order valence-corrected chi connectivity index (χ3v) is 4.01. The number of rotatable bonds is 7. The van der Waals surface area contributed by atoms with E-state index in [1.807, 2.05) is 24.3 Å².